The second-order valence-electron chi connectivity index (χ2n) is 7.17. The second kappa shape index (κ2) is 10.3. The van der Waals surface area contributed by atoms with Crippen LogP contribution in [0, 0.1) is 12.3 Å². The van der Waals surface area contributed by atoms with Crippen molar-refractivity contribution in [3.63, 3.8) is 0 Å². The van der Waals surface area contributed by atoms with Crippen molar-refractivity contribution in [3.8, 4) is 5.75 Å². The molecule has 0 bridgehead atoms. The number of nitrogens with zero attached hydrogens (tertiary/aromatic N) is 1. The van der Waals surface area contributed by atoms with E-state index in [0.29, 0.717) is 17.2 Å². The molecule has 0 heterocycles. The first kappa shape index (κ1) is 20.5. The molecule has 2 aliphatic rings. The minimum absolute atomic E-state index is 0.379. The first-order valence-electron chi connectivity index (χ1n) is 8.88. The molecule has 1 unspecified atom stereocenters. The molecule has 2 aliphatic carbocycles. The number of aryl methyl sites for hydroxylation is 1. The number of para-hydroxylation sites is 1. The minimum atomic E-state index is -0.826. The Hall–Kier alpha value is 0.153. The van der Waals surface area contributed by atoms with E-state index in [-0.39, 0.29) is 0 Å². The summed E-state index contributed by atoms with van der Waals surface area (Å²) in [7, 11) is 9.87. The average Bonchev–Trinajstić information content (AvgIpc) is 2.58. The molecule has 1 N–H and O–H groups in total. The Bertz CT molecular complexity index is 539. The van der Waals surface area contributed by atoms with Gasteiger partial charge in [-0.25, -0.2) is 0 Å². The van der Waals surface area contributed by atoms with E-state index < -0.39 is 20.8 Å². The maximum atomic E-state index is 10.1. The predicted octanol–water partition coefficient (Wildman–Crippen LogP) is 6.39. The maximum absolute atomic E-state index is 10.1. The molecule has 0 aromatic heterocycles. The molecule has 3 rings (SSSR count). The molecule has 132 valence electrons. The van der Waals surface area contributed by atoms with Crippen molar-refractivity contribution < 1.29 is 26.0 Å². The summed E-state index contributed by atoms with van der Waals surface area (Å²) in [5, 5.41) is 10.1. The molecule has 2 nitrogen and oxygen atoms in total. The Labute approximate surface area is 164 Å². The van der Waals surface area contributed by atoms with Crippen LogP contribution in [0.4, 0.5) is 0 Å². The third kappa shape index (κ3) is 5.85. The van der Waals surface area contributed by atoms with E-state index in [1.54, 1.807) is 0 Å². The monoisotopic (exact) mass is 445 g/mol. The van der Waals surface area contributed by atoms with Crippen LogP contribution >= 0.6 is 17.0 Å². The summed E-state index contributed by atoms with van der Waals surface area (Å²) in [6, 6.07) is 6.33. The fourth-order valence-corrected chi connectivity index (χ4v) is 4.27. The van der Waals surface area contributed by atoms with Crippen molar-refractivity contribution >= 4 is 23.2 Å². The van der Waals surface area contributed by atoms with Crippen LogP contribution in [-0.2, 0) is 20.8 Å². The van der Waals surface area contributed by atoms with Gasteiger partial charge >= 0.3 is 37.9 Å². The number of rotatable bonds is 2. The van der Waals surface area contributed by atoms with Crippen molar-refractivity contribution in [2.75, 3.05) is 0 Å². The number of aromatic hydroxyl groups is 1. The molecular weight excluding hydrogens is 420 g/mol. The van der Waals surface area contributed by atoms with Gasteiger partial charge in [0.2, 0.25) is 0 Å². The van der Waals surface area contributed by atoms with Crippen molar-refractivity contribution in [1.29, 1.82) is 0 Å². The van der Waals surface area contributed by atoms with Gasteiger partial charge in [-0.3, -0.25) is 4.99 Å². The summed E-state index contributed by atoms with van der Waals surface area (Å²) in [5.74, 6) is 0.379. The van der Waals surface area contributed by atoms with Gasteiger partial charge in [0.15, 0.2) is 0 Å². The van der Waals surface area contributed by atoms with Crippen molar-refractivity contribution in [2.24, 2.45) is 10.4 Å². The fourth-order valence-electron chi connectivity index (χ4n) is 4.27. The summed E-state index contributed by atoms with van der Waals surface area (Å²) < 4.78 is 0. The average molecular weight is 448 g/mol. The molecule has 1 aromatic rings. The number of benzene rings is 1. The topological polar surface area (TPSA) is 32.6 Å². The van der Waals surface area contributed by atoms with E-state index in [9.17, 15) is 5.11 Å². The Kier molecular flexibility index (Phi) is 8.82. The molecule has 1 atom stereocenters. The van der Waals surface area contributed by atoms with Crippen LogP contribution in [0.5, 0.6) is 5.75 Å². The van der Waals surface area contributed by atoms with E-state index in [1.807, 2.05) is 31.3 Å². The molecule has 0 saturated heterocycles. The van der Waals surface area contributed by atoms with Crippen LogP contribution in [0.25, 0.3) is 0 Å². The Morgan fingerprint density at radius 1 is 1.17 bits per heavy atom. The number of hydrogen-bond donors (Lipinski definition) is 1. The van der Waals surface area contributed by atoms with Crippen LogP contribution < -0.4 is 0 Å². The molecule has 1 spiro atoms. The van der Waals surface area contributed by atoms with Gasteiger partial charge in [-0.05, 0) is 56.1 Å². The zero-order valence-corrected chi connectivity index (χ0v) is 18.4. The zero-order valence-electron chi connectivity index (χ0n) is 14.4. The van der Waals surface area contributed by atoms with Crippen molar-refractivity contribution in [2.45, 2.75) is 70.8 Å². The van der Waals surface area contributed by atoms with E-state index in [1.165, 1.54) is 57.8 Å². The predicted molar refractivity (Wildman–Crippen MR) is 99.9 cm³/mol. The Morgan fingerprint density at radius 3 is 2.54 bits per heavy atom. The van der Waals surface area contributed by atoms with Crippen molar-refractivity contribution in [1.82, 2.24) is 0 Å². The molecule has 0 amide bonds. The summed E-state index contributed by atoms with van der Waals surface area (Å²) in [5.41, 5.74) is 2.37. The van der Waals surface area contributed by atoms with Crippen molar-refractivity contribution in [3.05, 3.63) is 29.3 Å². The standard InChI is InChI=1S/C19H27NO.2ClH.Zr/c1-15-7-5-8-16(18(15)21)14-20-17-9-6-12-19(13-17)10-3-2-4-11-19;;;/h5,7-8,14,17,21H,2-4,6,9-13H2,1H3;2*1H;/q;;;+2/p-2. The van der Waals surface area contributed by atoms with Gasteiger partial charge in [-0.2, -0.15) is 0 Å². The first-order valence-corrected chi connectivity index (χ1v) is 15.2. The molecule has 0 radical (unpaired) electrons. The van der Waals surface area contributed by atoms with Gasteiger partial charge in [-0.15, -0.1) is 0 Å². The van der Waals surface area contributed by atoms with Crippen LogP contribution in [-0.4, -0.2) is 17.4 Å². The molecule has 2 fully saturated rings. The molecule has 24 heavy (non-hydrogen) atoms. The molecule has 2 saturated carbocycles. The number of aliphatic imine (C=N–C) groups is 1. The summed E-state index contributed by atoms with van der Waals surface area (Å²) in [6.07, 6.45) is 14.2. The third-order valence-electron chi connectivity index (χ3n) is 5.52. The fraction of sp³-hybridized carbons (Fsp3) is 0.632. The quantitative estimate of drug-likeness (QED) is 0.524. The summed E-state index contributed by atoms with van der Waals surface area (Å²) in [4.78, 5) is 4.82. The molecular formula is C19H27Cl2NOZr. The van der Waals surface area contributed by atoms with Gasteiger partial charge in [-0.1, -0.05) is 37.8 Å². The molecule has 1 aromatic carbocycles. The van der Waals surface area contributed by atoms with Crippen LogP contribution in [0.1, 0.15) is 68.9 Å². The SMILES string of the molecule is Cc1cccc(C=NC2CCCC3(CCCCC3)C2)c1O.[Cl][Zr][Cl]. The van der Waals surface area contributed by atoms with Gasteiger partial charge in [0.25, 0.3) is 0 Å². The van der Waals surface area contributed by atoms with Crippen LogP contribution in [0.3, 0.4) is 0 Å². The van der Waals surface area contributed by atoms with E-state index in [4.69, 9.17) is 22.0 Å². The zero-order chi connectivity index (χ0) is 17.4. The van der Waals surface area contributed by atoms with Crippen LogP contribution in [0.15, 0.2) is 23.2 Å². The van der Waals surface area contributed by atoms with E-state index in [0.717, 1.165) is 11.1 Å². The van der Waals surface area contributed by atoms with Gasteiger partial charge in [0, 0.05) is 11.8 Å². The van der Waals surface area contributed by atoms with E-state index >= 15 is 0 Å². The summed E-state index contributed by atoms with van der Waals surface area (Å²) >= 11 is -0.826. The molecule has 5 heteroatoms. The van der Waals surface area contributed by atoms with Crippen LogP contribution in [0.2, 0.25) is 0 Å². The number of halogens is 2. The van der Waals surface area contributed by atoms with E-state index in [2.05, 4.69) is 0 Å². The van der Waals surface area contributed by atoms with Gasteiger partial charge in [0.05, 0.1) is 6.04 Å². The Morgan fingerprint density at radius 2 is 1.83 bits per heavy atom. The Balaban J connectivity index is 0.000000647. The van der Waals surface area contributed by atoms with Gasteiger partial charge in [0.1, 0.15) is 5.75 Å². The number of phenolic OH excluding ortho intramolecular Hbond substituents is 1. The number of hydrogen-bond acceptors (Lipinski definition) is 2. The first-order chi connectivity index (χ1) is 11.6. The second-order valence-corrected chi connectivity index (χ2v) is 10.9. The normalized spacial score (nSPS) is 22.9. The summed E-state index contributed by atoms with van der Waals surface area (Å²) in [6.45, 7) is 1.93. The number of phenols is 1. The third-order valence-corrected chi connectivity index (χ3v) is 5.52. The van der Waals surface area contributed by atoms with Gasteiger partial charge < -0.3 is 5.11 Å². The molecule has 0 aliphatic heterocycles.